The van der Waals surface area contributed by atoms with Gasteiger partial charge in [-0.25, -0.2) is 0 Å². The van der Waals surface area contributed by atoms with E-state index in [9.17, 15) is 0 Å². The topological polar surface area (TPSA) is 43.2 Å². The number of methoxy groups -OCH3 is 2. The van der Waals surface area contributed by atoms with Crippen molar-refractivity contribution in [2.45, 2.75) is 13.3 Å². The molecule has 0 atom stereocenters. The van der Waals surface area contributed by atoms with Crippen LogP contribution in [-0.2, 0) is 6.42 Å². The molecule has 0 fully saturated rings. The third-order valence-electron chi connectivity index (χ3n) is 2.60. The zero-order chi connectivity index (χ0) is 11.5. The number of hydrogen-bond acceptors (Lipinski definition) is 4. The summed E-state index contributed by atoms with van der Waals surface area (Å²) in [4.78, 5) is 0. The molecule has 0 unspecified atom stereocenters. The molecular weight excluding hydrogens is 204 g/mol. The molecule has 1 aliphatic rings. The Kier molecular flexibility index (Phi) is 2.90. The van der Waals surface area contributed by atoms with Gasteiger partial charge >= 0.3 is 0 Å². The van der Waals surface area contributed by atoms with Crippen LogP contribution in [0.1, 0.15) is 18.1 Å². The highest BCUT2D eigenvalue weighted by Gasteiger charge is 2.13. The fourth-order valence-corrected chi connectivity index (χ4v) is 1.75. The molecule has 16 heavy (non-hydrogen) atoms. The molecule has 0 radical (unpaired) electrons. The third kappa shape index (κ3) is 1.78. The van der Waals surface area contributed by atoms with Crippen LogP contribution in [0.25, 0.3) is 0 Å². The molecule has 1 aromatic rings. The molecule has 0 saturated heterocycles. The van der Waals surface area contributed by atoms with Crippen molar-refractivity contribution in [1.29, 1.82) is 0 Å². The van der Waals surface area contributed by atoms with E-state index in [-0.39, 0.29) is 0 Å². The van der Waals surface area contributed by atoms with Crippen molar-refractivity contribution < 1.29 is 9.47 Å². The highest BCUT2D eigenvalue weighted by Crippen LogP contribution is 2.31. The standard InChI is InChI=1S/C12H14N2O2/c1-8-10-7-12(16-3)11(15-2)6-9(10)4-5-13-14-8/h5-7H,4H2,1-3H3. The molecule has 0 saturated carbocycles. The van der Waals surface area contributed by atoms with E-state index in [1.54, 1.807) is 20.4 Å². The molecule has 84 valence electrons. The number of ether oxygens (including phenoxy) is 2. The number of benzene rings is 1. The Morgan fingerprint density at radius 2 is 1.81 bits per heavy atom. The Morgan fingerprint density at radius 3 is 2.50 bits per heavy atom. The zero-order valence-corrected chi connectivity index (χ0v) is 9.65. The van der Waals surface area contributed by atoms with Crippen LogP contribution in [0.5, 0.6) is 11.5 Å². The molecule has 2 rings (SSSR count). The average molecular weight is 218 g/mol. The SMILES string of the molecule is COc1cc2c(cc1OC)C(C)=NN=CC2. The Bertz CT molecular complexity index is 464. The summed E-state index contributed by atoms with van der Waals surface area (Å²) in [5.74, 6) is 1.46. The van der Waals surface area contributed by atoms with Crippen LogP contribution in [0.4, 0.5) is 0 Å². The summed E-state index contributed by atoms with van der Waals surface area (Å²) < 4.78 is 10.5. The maximum absolute atomic E-state index is 5.27. The van der Waals surface area contributed by atoms with Gasteiger partial charge < -0.3 is 9.47 Å². The van der Waals surface area contributed by atoms with Gasteiger partial charge in [0, 0.05) is 18.2 Å². The number of hydrogen-bond donors (Lipinski definition) is 0. The maximum atomic E-state index is 5.27. The molecule has 4 nitrogen and oxygen atoms in total. The summed E-state index contributed by atoms with van der Waals surface area (Å²) in [5, 5.41) is 8.04. The summed E-state index contributed by atoms with van der Waals surface area (Å²) >= 11 is 0. The second-order valence-electron chi connectivity index (χ2n) is 3.55. The largest absolute Gasteiger partial charge is 0.493 e. The minimum Gasteiger partial charge on any atom is -0.493 e. The molecule has 1 heterocycles. The molecule has 0 aliphatic carbocycles. The Balaban J connectivity index is 2.58. The molecule has 0 amide bonds. The van der Waals surface area contributed by atoms with Gasteiger partial charge in [0.1, 0.15) is 0 Å². The van der Waals surface area contributed by atoms with Crippen LogP contribution in [0.3, 0.4) is 0 Å². The van der Waals surface area contributed by atoms with Crippen molar-refractivity contribution >= 4 is 11.9 Å². The predicted molar refractivity (Wildman–Crippen MR) is 64.0 cm³/mol. The van der Waals surface area contributed by atoms with Crippen molar-refractivity contribution in [3.8, 4) is 11.5 Å². The van der Waals surface area contributed by atoms with Crippen molar-refractivity contribution in [3.63, 3.8) is 0 Å². The minimum atomic E-state index is 0.720. The number of nitrogens with zero attached hydrogens (tertiary/aromatic N) is 2. The van der Waals surface area contributed by atoms with Crippen molar-refractivity contribution in [1.82, 2.24) is 0 Å². The summed E-state index contributed by atoms with van der Waals surface area (Å²) in [6.45, 7) is 1.94. The number of fused-ring (bicyclic) bond motifs is 1. The molecule has 0 N–H and O–H groups in total. The van der Waals surface area contributed by atoms with Crippen LogP contribution >= 0.6 is 0 Å². The molecule has 0 spiro atoms. The van der Waals surface area contributed by atoms with E-state index >= 15 is 0 Å². The molecule has 0 aromatic heterocycles. The lowest BCUT2D eigenvalue weighted by molar-refractivity contribution is 0.354. The first-order chi connectivity index (χ1) is 7.76. The van der Waals surface area contributed by atoms with Gasteiger partial charge in [-0.15, -0.1) is 0 Å². The monoisotopic (exact) mass is 218 g/mol. The van der Waals surface area contributed by atoms with Gasteiger partial charge in [0.15, 0.2) is 11.5 Å². The van der Waals surface area contributed by atoms with Crippen molar-refractivity contribution in [3.05, 3.63) is 23.3 Å². The Hall–Kier alpha value is -1.84. The lowest BCUT2D eigenvalue weighted by atomic mass is 10.0. The van der Waals surface area contributed by atoms with Gasteiger partial charge in [-0.2, -0.15) is 10.2 Å². The van der Waals surface area contributed by atoms with Gasteiger partial charge in [0.2, 0.25) is 0 Å². The first kappa shape index (κ1) is 10.7. The second-order valence-corrected chi connectivity index (χ2v) is 3.55. The van der Waals surface area contributed by atoms with Crippen LogP contribution < -0.4 is 9.47 Å². The Labute approximate surface area is 94.6 Å². The van der Waals surface area contributed by atoms with E-state index in [0.717, 1.165) is 34.8 Å². The highest BCUT2D eigenvalue weighted by molar-refractivity contribution is 6.02. The normalized spacial score (nSPS) is 13.8. The van der Waals surface area contributed by atoms with Gasteiger partial charge in [-0.1, -0.05) is 0 Å². The van der Waals surface area contributed by atoms with Crippen LogP contribution in [0.2, 0.25) is 0 Å². The van der Waals surface area contributed by atoms with Crippen LogP contribution in [-0.4, -0.2) is 26.1 Å². The average Bonchev–Trinajstić information content (AvgIpc) is 2.49. The highest BCUT2D eigenvalue weighted by atomic mass is 16.5. The fourth-order valence-electron chi connectivity index (χ4n) is 1.75. The van der Waals surface area contributed by atoms with Crippen LogP contribution in [0.15, 0.2) is 22.3 Å². The molecule has 0 bridgehead atoms. The van der Waals surface area contributed by atoms with E-state index in [4.69, 9.17) is 9.47 Å². The summed E-state index contributed by atoms with van der Waals surface area (Å²) in [6.07, 6.45) is 2.55. The summed E-state index contributed by atoms with van der Waals surface area (Å²) in [6, 6.07) is 3.92. The molecule has 1 aromatic carbocycles. The quantitative estimate of drug-likeness (QED) is 0.762. The lowest BCUT2D eigenvalue weighted by Gasteiger charge is -2.12. The molecular formula is C12H14N2O2. The van der Waals surface area contributed by atoms with Gasteiger partial charge in [-0.05, 0) is 24.6 Å². The van der Waals surface area contributed by atoms with Gasteiger partial charge in [0.25, 0.3) is 0 Å². The van der Waals surface area contributed by atoms with E-state index < -0.39 is 0 Å². The van der Waals surface area contributed by atoms with Gasteiger partial charge in [0.05, 0.1) is 19.9 Å². The second kappa shape index (κ2) is 4.35. The van der Waals surface area contributed by atoms with Crippen molar-refractivity contribution in [2.75, 3.05) is 14.2 Å². The predicted octanol–water partition coefficient (Wildman–Crippen LogP) is 2.05. The molecule has 4 heteroatoms. The lowest BCUT2D eigenvalue weighted by Crippen LogP contribution is -2.02. The van der Waals surface area contributed by atoms with Gasteiger partial charge in [-0.3, -0.25) is 0 Å². The molecule has 1 aliphatic heterocycles. The maximum Gasteiger partial charge on any atom is 0.161 e. The minimum absolute atomic E-state index is 0.720. The van der Waals surface area contributed by atoms with E-state index in [1.807, 2.05) is 19.1 Å². The van der Waals surface area contributed by atoms with Crippen molar-refractivity contribution in [2.24, 2.45) is 10.2 Å². The number of rotatable bonds is 2. The zero-order valence-electron chi connectivity index (χ0n) is 9.65. The van der Waals surface area contributed by atoms with Crippen LogP contribution in [0, 0.1) is 0 Å². The fraction of sp³-hybridized carbons (Fsp3) is 0.333. The Morgan fingerprint density at radius 1 is 1.12 bits per heavy atom. The van der Waals surface area contributed by atoms with E-state index in [0.29, 0.717) is 0 Å². The van der Waals surface area contributed by atoms with E-state index in [2.05, 4.69) is 10.2 Å². The first-order valence-corrected chi connectivity index (χ1v) is 5.07. The first-order valence-electron chi connectivity index (χ1n) is 5.07. The van der Waals surface area contributed by atoms with E-state index in [1.165, 1.54) is 0 Å². The smallest absolute Gasteiger partial charge is 0.161 e. The summed E-state index contributed by atoms with van der Waals surface area (Å²) in [5.41, 5.74) is 3.11. The summed E-state index contributed by atoms with van der Waals surface area (Å²) in [7, 11) is 3.26. The third-order valence-corrected chi connectivity index (χ3v) is 2.60.